The van der Waals surface area contributed by atoms with Crippen molar-refractivity contribution in [3.63, 3.8) is 0 Å². The largest absolute Gasteiger partial charge is 0.491 e. The molecular formula is C21H25N3OS. The van der Waals surface area contributed by atoms with Gasteiger partial charge in [0.05, 0.1) is 17.8 Å². The molecular weight excluding hydrogens is 342 g/mol. The number of nitrogens with zero attached hydrogens (tertiary/aromatic N) is 3. The van der Waals surface area contributed by atoms with Crippen LogP contribution in [0.25, 0.3) is 0 Å². The molecule has 0 N–H and O–H groups in total. The van der Waals surface area contributed by atoms with Gasteiger partial charge in [-0.2, -0.15) is 0 Å². The van der Waals surface area contributed by atoms with Crippen LogP contribution in [-0.2, 0) is 0 Å². The van der Waals surface area contributed by atoms with E-state index < -0.39 is 0 Å². The van der Waals surface area contributed by atoms with E-state index in [1.807, 2.05) is 36.2 Å². The highest BCUT2D eigenvalue weighted by Gasteiger charge is 2.46. The zero-order valence-electron chi connectivity index (χ0n) is 15.5. The van der Waals surface area contributed by atoms with Crippen LogP contribution in [0.15, 0.2) is 53.7 Å². The quantitative estimate of drug-likeness (QED) is 0.757. The molecule has 3 heterocycles. The molecule has 26 heavy (non-hydrogen) atoms. The number of ether oxygens (including phenoxy) is 1. The Morgan fingerprint density at radius 1 is 1.19 bits per heavy atom. The number of hydrogen-bond donors (Lipinski definition) is 0. The van der Waals surface area contributed by atoms with Crippen LogP contribution >= 0.6 is 11.8 Å². The van der Waals surface area contributed by atoms with E-state index in [-0.39, 0.29) is 18.2 Å². The lowest BCUT2D eigenvalue weighted by Crippen LogP contribution is -2.35. The summed E-state index contributed by atoms with van der Waals surface area (Å²) in [6.07, 6.45) is 3.11. The molecule has 136 valence electrons. The van der Waals surface area contributed by atoms with Crippen molar-refractivity contribution in [2.75, 3.05) is 5.75 Å². The second-order valence-corrected chi connectivity index (χ2v) is 8.03. The van der Waals surface area contributed by atoms with E-state index in [4.69, 9.17) is 9.73 Å². The molecule has 1 fully saturated rings. The minimum Gasteiger partial charge on any atom is -0.491 e. The molecule has 2 aromatic rings. The zero-order chi connectivity index (χ0) is 18.1. The fourth-order valence-corrected chi connectivity index (χ4v) is 5.11. The molecule has 4 rings (SSSR count). The summed E-state index contributed by atoms with van der Waals surface area (Å²) in [7, 11) is 0. The van der Waals surface area contributed by atoms with Crippen molar-refractivity contribution in [3.8, 4) is 5.75 Å². The van der Waals surface area contributed by atoms with Gasteiger partial charge in [-0.3, -0.25) is 9.98 Å². The van der Waals surface area contributed by atoms with Gasteiger partial charge in [0.2, 0.25) is 0 Å². The molecule has 0 aliphatic carbocycles. The topological polar surface area (TPSA) is 37.7 Å². The monoisotopic (exact) mass is 367 g/mol. The Morgan fingerprint density at radius 2 is 2.00 bits per heavy atom. The van der Waals surface area contributed by atoms with Gasteiger partial charge in [0.25, 0.3) is 0 Å². The summed E-state index contributed by atoms with van der Waals surface area (Å²) in [5.74, 6) is 2.06. The summed E-state index contributed by atoms with van der Waals surface area (Å²) in [5, 5.41) is 1.15. The number of aromatic nitrogens is 1. The van der Waals surface area contributed by atoms with Crippen molar-refractivity contribution in [2.45, 2.75) is 51.4 Å². The number of aliphatic imine (C=N–C) groups is 1. The van der Waals surface area contributed by atoms with Gasteiger partial charge in [-0.1, -0.05) is 43.0 Å². The second-order valence-electron chi connectivity index (χ2n) is 7.04. The van der Waals surface area contributed by atoms with Crippen molar-refractivity contribution in [1.29, 1.82) is 0 Å². The van der Waals surface area contributed by atoms with E-state index in [0.29, 0.717) is 6.04 Å². The van der Waals surface area contributed by atoms with Gasteiger partial charge in [-0.05, 0) is 38.5 Å². The third-order valence-corrected chi connectivity index (χ3v) is 6.06. The molecule has 0 radical (unpaired) electrons. The molecule has 1 aromatic heterocycles. The molecule has 0 bridgehead atoms. The number of pyridine rings is 1. The van der Waals surface area contributed by atoms with Crippen molar-refractivity contribution in [3.05, 3.63) is 59.9 Å². The lowest BCUT2D eigenvalue weighted by atomic mass is 9.94. The summed E-state index contributed by atoms with van der Waals surface area (Å²) < 4.78 is 6.15. The minimum absolute atomic E-state index is 0.00459. The Balaban J connectivity index is 1.80. The first-order valence-electron chi connectivity index (χ1n) is 9.34. The molecule has 2 aliphatic heterocycles. The Labute approximate surface area is 159 Å². The Hall–Kier alpha value is -2.01. The maximum Gasteiger partial charge on any atom is 0.160 e. The molecule has 0 spiro atoms. The molecule has 0 amide bonds. The van der Waals surface area contributed by atoms with E-state index in [9.17, 15) is 0 Å². The fourth-order valence-electron chi connectivity index (χ4n) is 3.77. The number of fused-ring (bicyclic) bond motifs is 1. The third kappa shape index (κ3) is 3.09. The summed E-state index contributed by atoms with van der Waals surface area (Å²) >= 11 is 1.87. The van der Waals surface area contributed by atoms with E-state index in [0.717, 1.165) is 28.8 Å². The summed E-state index contributed by atoms with van der Waals surface area (Å²) in [6.45, 7) is 6.41. The van der Waals surface area contributed by atoms with Crippen molar-refractivity contribution >= 4 is 16.9 Å². The third-order valence-electron chi connectivity index (χ3n) is 4.93. The normalized spacial score (nSPS) is 24.7. The molecule has 4 nitrogen and oxygen atoms in total. The van der Waals surface area contributed by atoms with Gasteiger partial charge in [0.15, 0.2) is 5.17 Å². The molecule has 5 heteroatoms. The molecule has 1 aromatic carbocycles. The smallest absolute Gasteiger partial charge is 0.160 e. The Bertz CT molecular complexity index is 793. The van der Waals surface area contributed by atoms with Gasteiger partial charge in [0, 0.05) is 23.6 Å². The molecule has 2 aliphatic rings. The second kappa shape index (κ2) is 7.31. The van der Waals surface area contributed by atoms with Crippen LogP contribution in [0.3, 0.4) is 0 Å². The van der Waals surface area contributed by atoms with Crippen LogP contribution in [0.2, 0.25) is 0 Å². The van der Waals surface area contributed by atoms with Gasteiger partial charge in [-0.15, -0.1) is 0 Å². The van der Waals surface area contributed by atoms with E-state index in [1.165, 1.54) is 5.56 Å². The Kier molecular flexibility index (Phi) is 4.90. The highest BCUT2D eigenvalue weighted by atomic mass is 32.2. The lowest BCUT2D eigenvalue weighted by Gasteiger charge is -2.33. The van der Waals surface area contributed by atoms with Crippen molar-refractivity contribution in [1.82, 2.24) is 9.88 Å². The van der Waals surface area contributed by atoms with Crippen LogP contribution in [0.1, 0.15) is 50.5 Å². The minimum atomic E-state index is 0.00459. The van der Waals surface area contributed by atoms with Crippen LogP contribution in [0.4, 0.5) is 0 Å². The number of amidine groups is 1. The maximum absolute atomic E-state index is 6.15. The van der Waals surface area contributed by atoms with Gasteiger partial charge in [0.1, 0.15) is 11.8 Å². The van der Waals surface area contributed by atoms with E-state index in [2.05, 4.69) is 54.9 Å². The highest BCUT2D eigenvalue weighted by Crippen LogP contribution is 2.50. The van der Waals surface area contributed by atoms with Gasteiger partial charge < -0.3 is 9.64 Å². The average molecular weight is 368 g/mol. The van der Waals surface area contributed by atoms with Crippen LogP contribution in [0, 0.1) is 0 Å². The van der Waals surface area contributed by atoms with Crippen LogP contribution in [-0.4, -0.2) is 33.0 Å². The number of rotatable bonds is 5. The molecule has 0 unspecified atom stereocenters. The standard InChI is InChI=1S/C21H25N3OS/c1-4-15-13-26-21-23-19(17-10-7-8-12-22-17)20(24(15)21)16-9-5-6-11-18(16)25-14(2)3/h5-12,14-15,19-20H,4,13H2,1-3H3/t15-,19+,20+/m0/s1. The van der Waals surface area contributed by atoms with Gasteiger partial charge >= 0.3 is 0 Å². The Morgan fingerprint density at radius 3 is 2.73 bits per heavy atom. The SMILES string of the molecule is CC[C@H]1CSC2=N[C@H](c3ccccn3)[C@@H](c3ccccc3OC(C)C)N21. The number of hydrogen-bond acceptors (Lipinski definition) is 5. The number of thioether (sulfide) groups is 1. The first-order chi connectivity index (χ1) is 12.7. The molecule has 3 atom stereocenters. The number of benzene rings is 1. The average Bonchev–Trinajstić information content (AvgIpc) is 3.21. The fraction of sp³-hybridized carbons (Fsp3) is 0.429. The van der Waals surface area contributed by atoms with Crippen molar-refractivity contribution < 1.29 is 4.74 Å². The predicted octanol–water partition coefficient (Wildman–Crippen LogP) is 4.85. The van der Waals surface area contributed by atoms with E-state index >= 15 is 0 Å². The van der Waals surface area contributed by atoms with Crippen LogP contribution < -0.4 is 4.74 Å². The van der Waals surface area contributed by atoms with Crippen molar-refractivity contribution in [2.24, 2.45) is 4.99 Å². The maximum atomic E-state index is 6.15. The summed E-state index contributed by atoms with van der Waals surface area (Å²) in [6, 6.07) is 15.1. The zero-order valence-corrected chi connectivity index (χ0v) is 16.3. The lowest BCUT2D eigenvalue weighted by molar-refractivity contribution is 0.218. The number of para-hydroxylation sites is 1. The summed E-state index contributed by atoms with van der Waals surface area (Å²) in [5.41, 5.74) is 2.23. The van der Waals surface area contributed by atoms with Crippen LogP contribution in [0.5, 0.6) is 5.75 Å². The van der Waals surface area contributed by atoms with Gasteiger partial charge in [-0.25, -0.2) is 0 Å². The molecule has 0 saturated carbocycles. The predicted molar refractivity (Wildman–Crippen MR) is 108 cm³/mol. The van der Waals surface area contributed by atoms with E-state index in [1.54, 1.807) is 0 Å². The molecule has 1 saturated heterocycles. The first kappa shape index (κ1) is 17.4. The first-order valence-corrected chi connectivity index (χ1v) is 10.3. The highest BCUT2D eigenvalue weighted by molar-refractivity contribution is 8.14. The summed E-state index contributed by atoms with van der Waals surface area (Å²) in [4.78, 5) is 12.2.